The number of aliphatic hydroxyl groups is 1. The van der Waals surface area contributed by atoms with Crippen LogP contribution in [0.15, 0.2) is 28.7 Å². The first-order valence-corrected chi connectivity index (χ1v) is 7.36. The number of nitrogens with zero attached hydrogens (tertiary/aromatic N) is 1. The highest BCUT2D eigenvalue weighted by Gasteiger charge is 2.05. The lowest BCUT2D eigenvalue weighted by Crippen LogP contribution is -2.36. The van der Waals surface area contributed by atoms with Crippen LogP contribution in [0.1, 0.15) is 6.92 Å². The van der Waals surface area contributed by atoms with Crippen molar-refractivity contribution < 1.29 is 9.84 Å². The summed E-state index contributed by atoms with van der Waals surface area (Å²) in [6.45, 7) is 5.86. The van der Waals surface area contributed by atoms with Crippen molar-refractivity contribution in [1.82, 2.24) is 10.2 Å². The number of ether oxygens (including phenoxy) is 1. The Morgan fingerprint density at radius 3 is 2.95 bits per heavy atom. The molecule has 0 aromatic heterocycles. The van der Waals surface area contributed by atoms with Gasteiger partial charge in [0.2, 0.25) is 0 Å². The van der Waals surface area contributed by atoms with Gasteiger partial charge in [0.1, 0.15) is 18.5 Å². The van der Waals surface area contributed by atoms with E-state index in [1.54, 1.807) is 0 Å². The molecule has 4 nitrogen and oxygen atoms in total. The lowest BCUT2D eigenvalue weighted by Gasteiger charge is -2.16. The molecular formula is C14H23BrN2O2. The summed E-state index contributed by atoms with van der Waals surface area (Å²) in [5.74, 6) is 0.763. The van der Waals surface area contributed by atoms with Crippen molar-refractivity contribution >= 4 is 15.9 Å². The van der Waals surface area contributed by atoms with E-state index in [1.807, 2.05) is 24.3 Å². The normalized spacial score (nSPS) is 12.7. The summed E-state index contributed by atoms with van der Waals surface area (Å²) < 4.78 is 6.49. The highest BCUT2D eigenvalue weighted by atomic mass is 79.9. The molecule has 0 aliphatic rings. The van der Waals surface area contributed by atoms with E-state index < -0.39 is 6.10 Å². The third-order valence-electron chi connectivity index (χ3n) is 2.83. The van der Waals surface area contributed by atoms with Gasteiger partial charge in [-0.2, -0.15) is 0 Å². The maximum atomic E-state index is 9.79. The molecule has 1 atom stereocenters. The van der Waals surface area contributed by atoms with E-state index in [2.05, 4.69) is 40.1 Å². The first-order valence-electron chi connectivity index (χ1n) is 6.57. The van der Waals surface area contributed by atoms with Crippen LogP contribution in [0.4, 0.5) is 0 Å². The number of rotatable bonds is 9. The van der Waals surface area contributed by atoms with E-state index >= 15 is 0 Å². The van der Waals surface area contributed by atoms with Crippen LogP contribution >= 0.6 is 15.9 Å². The maximum Gasteiger partial charge on any atom is 0.120 e. The minimum absolute atomic E-state index is 0.299. The van der Waals surface area contributed by atoms with Gasteiger partial charge in [0.25, 0.3) is 0 Å². The number of hydrogen-bond donors (Lipinski definition) is 2. The third-order valence-corrected chi connectivity index (χ3v) is 3.32. The van der Waals surface area contributed by atoms with E-state index in [4.69, 9.17) is 4.74 Å². The van der Waals surface area contributed by atoms with Gasteiger partial charge in [-0.1, -0.05) is 28.9 Å². The molecule has 0 aliphatic heterocycles. The summed E-state index contributed by atoms with van der Waals surface area (Å²) in [4.78, 5) is 2.22. The Morgan fingerprint density at radius 1 is 1.47 bits per heavy atom. The third kappa shape index (κ3) is 7.52. The second-order valence-electron chi connectivity index (χ2n) is 4.52. The van der Waals surface area contributed by atoms with Crippen LogP contribution in [-0.2, 0) is 0 Å². The molecule has 5 heteroatoms. The number of nitrogens with one attached hydrogen (secondary N) is 1. The molecule has 0 amide bonds. The predicted octanol–water partition coefficient (Wildman–Crippen LogP) is 1.73. The molecule has 1 rings (SSSR count). The average Bonchev–Trinajstić information content (AvgIpc) is 2.41. The van der Waals surface area contributed by atoms with E-state index in [9.17, 15) is 5.11 Å². The highest BCUT2D eigenvalue weighted by molar-refractivity contribution is 9.10. The van der Waals surface area contributed by atoms with Crippen molar-refractivity contribution in [2.24, 2.45) is 0 Å². The van der Waals surface area contributed by atoms with Crippen LogP contribution < -0.4 is 10.1 Å². The van der Waals surface area contributed by atoms with Crippen LogP contribution in [0.2, 0.25) is 0 Å². The van der Waals surface area contributed by atoms with E-state index in [1.165, 1.54) is 0 Å². The molecule has 0 bridgehead atoms. The second-order valence-corrected chi connectivity index (χ2v) is 5.44. The van der Waals surface area contributed by atoms with Crippen molar-refractivity contribution in [3.63, 3.8) is 0 Å². The number of halogens is 1. The van der Waals surface area contributed by atoms with Gasteiger partial charge in [-0.15, -0.1) is 0 Å². The SMILES string of the molecule is CCN(C)CCNCC(O)COc1cccc(Br)c1. The first-order chi connectivity index (χ1) is 9.11. The van der Waals surface area contributed by atoms with Crippen molar-refractivity contribution in [3.05, 3.63) is 28.7 Å². The number of likely N-dealkylation sites (N-methyl/N-ethyl adjacent to an activating group) is 1. The zero-order valence-electron chi connectivity index (χ0n) is 11.6. The number of hydrogen-bond acceptors (Lipinski definition) is 4. The van der Waals surface area contributed by atoms with Gasteiger partial charge in [0, 0.05) is 24.1 Å². The predicted molar refractivity (Wildman–Crippen MR) is 81.7 cm³/mol. The van der Waals surface area contributed by atoms with Crippen LogP contribution in [0.5, 0.6) is 5.75 Å². The molecule has 0 saturated heterocycles. The molecule has 0 fully saturated rings. The first kappa shape index (κ1) is 16.4. The Morgan fingerprint density at radius 2 is 2.26 bits per heavy atom. The molecule has 0 radical (unpaired) electrons. The summed E-state index contributed by atoms with van der Waals surface area (Å²) in [7, 11) is 2.08. The van der Waals surface area contributed by atoms with Crippen LogP contribution in [-0.4, -0.2) is 55.9 Å². The fourth-order valence-corrected chi connectivity index (χ4v) is 1.88. The standard InChI is InChI=1S/C14H23BrN2O2/c1-3-17(2)8-7-16-10-13(18)11-19-14-6-4-5-12(15)9-14/h4-6,9,13,16,18H,3,7-8,10-11H2,1-2H3. The number of benzene rings is 1. The van der Waals surface area contributed by atoms with Crippen molar-refractivity contribution in [2.75, 3.05) is 39.8 Å². The Labute approximate surface area is 123 Å². The van der Waals surface area contributed by atoms with Gasteiger partial charge in [0.15, 0.2) is 0 Å². The van der Waals surface area contributed by atoms with Crippen LogP contribution in [0.3, 0.4) is 0 Å². The minimum atomic E-state index is -0.495. The van der Waals surface area contributed by atoms with Crippen molar-refractivity contribution in [3.8, 4) is 5.75 Å². The van der Waals surface area contributed by atoms with Crippen LogP contribution in [0, 0.1) is 0 Å². The summed E-state index contributed by atoms with van der Waals surface area (Å²) in [6.07, 6.45) is -0.495. The molecule has 0 aliphatic carbocycles. The Balaban J connectivity index is 2.12. The van der Waals surface area contributed by atoms with Crippen molar-refractivity contribution in [1.29, 1.82) is 0 Å². The molecule has 2 N–H and O–H groups in total. The zero-order chi connectivity index (χ0) is 14.1. The fraction of sp³-hybridized carbons (Fsp3) is 0.571. The Hall–Kier alpha value is -0.620. The maximum absolute atomic E-state index is 9.79. The monoisotopic (exact) mass is 330 g/mol. The largest absolute Gasteiger partial charge is 0.491 e. The van der Waals surface area contributed by atoms with E-state index in [0.717, 1.165) is 29.9 Å². The average molecular weight is 331 g/mol. The molecule has 19 heavy (non-hydrogen) atoms. The molecule has 0 saturated carbocycles. The van der Waals surface area contributed by atoms with Gasteiger partial charge in [-0.25, -0.2) is 0 Å². The lowest BCUT2D eigenvalue weighted by atomic mass is 10.3. The smallest absolute Gasteiger partial charge is 0.120 e. The molecular weight excluding hydrogens is 308 g/mol. The zero-order valence-corrected chi connectivity index (χ0v) is 13.2. The van der Waals surface area contributed by atoms with Crippen LogP contribution in [0.25, 0.3) is 0 Å². The molecule has 1 aromatic carbocycles. The van der Waals surface area contributed by atoms with Gasteiger partial charge >= 0.3 is 0 Å². The molecule has 1 unspecified atom stereocenters. The summed E-state index contributed by atoms with van der Waals surface area (Å²) >= 11 is 3.38. The molecule has 0 heterocycles. The number of aliphatic hydroxyl groups excluding tert-OH is 1. The highest BCUT2D eigenvalue weighted by Crippen LogP contribution is 2.17. The summed E-state index contributed by atoms with van der Waals surface area (Å²) in [5, 5.41) is 13.0. The van der Waals surface area contributed by atoms with Gasteiger partial charge in [0.05, 0.1) is 0 Å². The fourth-order valence-electron chi connectivity index (χ4n) is 1.50. The Kier molecular flexibility index (Phi) is 8.05. The molecule has 1 aromatic rings. The lowest BCUT2D eigenvalue weighted by molar-refractivity contribution is 0.106. The topological polar surface area (TPSA) is 44.7 Å². The van der Waals surface area contributed by atoms with Gasteiger partial charge in [-0.3, -0.25) is 0 Å². The second kappa shape index (κ2) is 9.31. The van der Waals surface area contributed by atoms with Gasteiger partial charge < -0.3 is 20.1 Å². The summed E-state index contributed by atoms with van der Waals surface area (Å²) in [5.41, 5.74) is 0. The molecule has 108 valence electrons. The minimum Gasteiger partial charge on any atom is -0.491 e. The Bertz CT molecular complexity index is 363. The van der Waals surface area contributed by atoms with Gasteiger partial charge in [-0.05, 0) is 31.8 Å². The summed E-state index contributed by atoms with van der Waals surface area (Å²) in [6, 6.07) is 7.61. The molecule has 0 spiro atoms. The van der Waals surface area contributed by atoms with Crippen molar-refractivity contribution in [2.45, 2.75) is 13.0 Å². The quantitative estimate of drug-likeness (QED) is 0.677. The van der Waals surface area contributed by atoms with E-state index in [-0.39, 0.29) is 0 Å². The van der Waals surface area contributed by atoms with E-state index in [0.29, 0.717) is 13.2 Å².